The third kappa shape index (κ3) is 4.81. The molecular weight excluding hydrogens is 316 g/mol. The van der Waals surface area contributed by atoms with E-state index in [1.54, 1.807) is 0 Å². The van der Waals surface area contributed by atoms with Gasteiger partial charge in [-0.15, -0.1) is 0 Å². The van der Waals surface area contributed by atoms with Crippen molar-refractivity contribution in [2.75, 3.05) is 32.8 Å². The van der Waals surface area contributed by atoms with Crippen molar-refractivity contribution in [1.82, 2.24) is 10.2 Å². The summed E-state index contributed by atoms with van der Waals surface area (Å²) in [6.45, 7) is 5.20. The molecule has 2 fully saturated rings. The SMILES string of the molecule is Cc1ccccc1CCNC(=O)CN1CCOC[C@@H]1[C@@H]1CCC[C@H]1O. The molecule has 1 aromatic carbocycles. The smallest absolute Gasteiger partial charge is 0.234 e. The van der Waals surface area contributed by atoms with E-state index in [-0.39, 0.29) is 24.0 Å². The Hall–Kier alpha value is -1.43. The zero-order chi connectivity index (χ0) is 17.6. The molecule has 2 aliphatic rings. The van der Waals surface area contributed by atoms with E-state index in [0.717, 1.165) is 32.2 Å². The normalized spacial score (nSPS) is 27.4. The van der Waals surface area contributed by atoms with Gasteiger partial charge in [0.25, 0.3) is 0 Å². The topological polar surface area (TPSA) is 61.8 Å². The van der Waals surface area contributed by atoms with Crippen LogP contribution in [0.25, 0.3) is 0 Å². The number of amides is 1. The Morgan fingerprint density at radius 3 is 2.96 bits per heavy atom. The first kappa shape index (κ1) is 18.4. The molecule has 1 heterocycles. The average Bonchev–Trinajstić information content (AvgIpc) is 3.03. The summed E-state index contributed by atoms with van der Waals surface area (Å²) >= 11 is 0. The van der Waals surface area contributed by atoms with E-state index in [2.05, 4.69) is 29.3 Å². The Bertz CT molecular complexity index is 578. The zero-order valence-corrected chi connectivity index (χ0v) is 15.1. The number of aliphatic hydroxyl groups excluding tert-OH is 1. The highest BCUT2D eigenvalue weighted by atomic mass is 16.5. The van der Waals surface area contributed by atoms with Gasteiger partial charge < -0.3 is 15.2 Å². The van der Waals surface area contributed by atoms with E-state index >= 15 is 0 Å². The molecule has 1 saturated heterocycles. The fourth-order valence-corrected chi connectivity index (χ4v) is 4.13. The quantitative estimate of drug-likeness (QED) is 0.820. The third-order valence-corrected chi connectivity index (χ3v) is 5.63. The summed E-state index contributed by atoms with van der Waals surface area (Å²) < 4.78 is 5.62. The summed E-state index contributed by atoms with van der Waals surface area (Å²) in [5.41, 5.74) is 2.54. The van der Waals surface area contributed by atoms with Crippen LogP contribution in [-0.4, -0.2) is 60.9 Å². The van der Waals surface area contributed by atoms with Crippen LogP contribution in [0.4, 0.5) is 0 Å². The van der Waals surface area contributed by atoms with Crippen LogP contribution >= 0.6 is 0 Å². The molecule has 5 heteroatoms. The van der Waals surface area contributed by atoms with Crippen molar-refractivity contribution in [2.24, 2.45) is 5.92 Å². The maximum Gasteiger partial charge on any atom is 0.234 e. The van der Waals surface area contributed by atoms with Crippen molar-refractivity contribution in [3.05, 3.63) is 35.4 Å². The number of nitrogens with one attached hydrogen (secondary N) is 1. The lowest BCUT2D eigenvalue weighted by Gasteiger charge is -2.39. The minimum absolute atomic E-state index is 0.0629. The number of morpholine rings is 1. The Morgan fingerprint density at radius 2 is 2.20 bits per heavy atom. The van der Waals surface area contributed by atoms with Crippen LogP contribution in [0.2, 0.25) is 0 Å². The number of hydrogen-bond donors (Lipinski definition) is 2. The molecule has 1 aliphatic heterocycles. The van der Waals surface area contributed by atoms with Gasteiger partial charge in [0.15, 0.2) is 0 Å². The number of carbonyl (C=O) groups is 1. The minimum atomic E-state index is -0.252. The number of aliphatic hydroxyl groups is 1. The average molecular weight is 346 g/mol. The zero-order valence-electron chi connectivity index (χ0n) is 15.1. The number of ether oxygens (including phenoxy) is 1. The third-order valence-electron chi connectivity index (χ3n) is 5.63. The van der Waals surface area contributed by atoms with Crippen molar-refractivity contribution >= 4 is 5.91 Å². The van der Waals surface area contributed by atoms with Gasteiger partial charge in [-0.2, -0.15) is 0 Å². The monoisotopic (exact) mass is 346 g/mol. The molecule has 0 unspecified atom stereocenters. The van der Waals surface area contributed by atoms with Crippen molar-refractivity contribution in [3.8, 4) is 0 Å². The van der Waals surface area contributed by atoms with E-state index in [1.807, 2.05) is 12.1 Å². The molecule has 1 amide bonds. The van der Waals surface area contributed by atoms with Gasteiger partial charge in [0.2, 0.25) is 5.91 Å². The molecule has 0 bridgehead atoms. The number of hydrogen-bond acceptors (Lipinski definition) is 4. The van der Waals surface area contributed by atoms with Gasteiger partial charge in [0.05, 0.1) is 25.9 Å². The molecule has 0 radical (unpaired) electrons. The first-order chi connectivity index (χ1) is 12.1. The first-order valence-electron chi connectivity index (χ1n) is 9.46. The Balaban J connectivity index is 1.48. The summed E-state index contributed by atoms with van der Waals surface area (Å²) in [4.78, 5) is 14.6. The van der Waals surface area contributed by atoms with Crippen LogP contribution in [0.1, 0.15) is 30.4 Å². The van der Waals surface area contributed by atoms with E-state index in [1.165, 1.54) is 11.1 Å². The molecule has 3 rings (SSSR count). The van der Waals surface area contributed by atoms with Gasteiger partial charge in [-0.05, 0) is 37.3 Å². The Labute approximate surface area is 150 Å². The van der Waals surface area contributed by atoms with Gasteiger partial charge in [0, 0.05) is 25.0 Å². The summed E-state index contributed by atoms with van der Waals surface area (Å²) in [6, 6.07) is 8.44. The Kier molecular flexibility index (Phi) is 6.45. The fraction of sp³-hybridized carbons (Fsp3) is 0.650. The van der Waals surface area contributed by atoms with Crippen LogP contribution in [0.15, 0.2) is 24.3 Å². The second-order valence-corrected chi connectivity index (χ2v) is 7.30. The summed E-state index contributed by atoms with van der Waals surface area (Å²) in [5.74, 6) is 0.299. The molecule has 1 aliphatic carbocycles. The molecular formula is C20H30N2O3. The second-order valence-electron chi connectivity index (χ2n) is 7.30. The van der Waals surface area contributed by atoms with Crippen LogP contribution in [-0.2, 0) is 16.0 Å². The summed E-state index contributed by atoms with van der Waals surface area (Å²) in [5, 5.41) is 13.2. The highest BCUT2D eigenvalue weighted by molar-refractivity contribution is 5.78. The number of rotatable bonds is 6. The molecule has 5 nitrogen and oxygen atoms in total. The summed E-state index contributed by atoms with van der Waals surface area (Å²) in [7, 11) is 0. The second kappa shape index (κ2) is 8.79. The Morgan fingerprint density at radius 1 is 1.36 bits per heavy atom. The van der Waals surface area contributed by atoms with Crippen LogP contribution in [0, 0.1) is 12.8 Å². The number of carbonyl (C=O) groups excluding carboxylic acids is 1. The number of nitrogens with zero attached hydrogens (tertiary/aromatic N) is 1. The molecule has 0 aromatic heterocycles. The van der Waals surface area contributed by atoms with Crippen LogP contribution in [0.3, 0.4) is 0 Å². The molecule has 1 saturated carbocycles. The summed E-state index contributed by atoms with van der Waals surface area (Å²) in [6.07, 6.45) is 3.57. The number of benzene rings is 1. The fourth-order valence-electron chi connectivity index (χ4n) is 4.13. The van der Waals surface area contributed by atoms with Gasteiger partial charge in [-0.3, -0.25) is 9.69 Å². The molecule has 1 aromatic rings. The van der Waals surface area contributed by atoms with Gasteiger partial charge in [-0.25, -0.2) is 0 Å². The largest absolute Gasteiger partial charge is 0.393 e. The lowest BCUT2D eigenvalue weighted by Crippen LogP contribution is -2.54. The van der Waals surface area contributed by atoms with Crippen molar-refractivity contribution in [3.63, 3.8) is 0 Å². The lowest BCUT2D eigenvalue weighted by molar-refractivity contribution is -0.126. The minimum Gasteiger partial charge on any atom is -0.393 e. The van der Waals surface area contributed by atoms with E-state index in [9.17, 15) is 9.90 Å². The predicted octanol–water partition coefficient (Wildman–Crippen LogP) is 1.52. The van der Waals surface area contributed by atoms with Crippen LogP contribution in [0.5, 0.6) is 0 Å². The van der Waals surface area contributed by atoms with E-state index in [4.69, 9.17) is 4.74 Å². The first-order valence-corrected chi connectivity index (χ1v) is 9.46. The maximum atomic E-state index is 12.4. The molecule has 25 heavy (non-hydrogen) atoms. The van der Waals surface area contributed by atoms with Gasteiger partial charge >= 0.3 is 0 Å². The van der Waals surface area contributed by atoms with Gasteiger partial charge in [0.1, 0.15) is 0 Å². The van der Waals surface area contributed by atoms with Crippen molar-refractivity contribution in [1.29, 1.82) is 0 Å². The van der Waals surface area contributed by atoms with Gasteiger partial charge in [-0.1, -0.05) is 30.7 Å². The molecule has 3 atom stereocenters. The highest BCUT2D eigenvalue weighted by Gasteiger charge is 2.38. The van der Waals surface area contributed by atoms with Crippen LogP contribution < -0.4 is 5.32 Å². The standard InChI is InChI=1S/C20H30N2O3/c1-15-5-2-3-6-16(15)9-10-21-20(24)13-22-11-12-25-14-18(22)17-7-4-8-19(17)23/h2-3,5-6,17-19,23H,4,7-14H2,1H3,(H,21,24)/t17-,18+,19+/m0/s1. The van der Waals surface area contributed by atoms with Crippen molar-refractivity contribution < 1.29 is 14.6 Å². The molecule has 138 valence electrons. The van der Waals surface area contributed by atoms with E-state index in [0.29, 0.717) is 26.3 Å². The number of aryl methyl sites for hydroxylation is 1. The molecule has 0 spiro atoms. The predicted molar refractivity (Wildman–Crippen MR) is 97.4 cm³/mol. The van der Waals surface area contributed by atoms with E-state index < -0.39 is 0 Å². The van der Waals surface area contributed by atoms with Crippen molar-refractivity contribution in [2.45, 2.75) is 44.8 Å². The molecule has 2 N–H and O–H groups in total. The highest BCUT2D eigenvalue weighted by Crippen LogP contribution is 2.32. The lowest BCUT2D eigenvalue weighted by atomic mass is 9.94. The maximum absolute atomic E-state index is 12.4.